The van der Waals surface area contributed by atoms with Crippen LogP contribution in [-0.4, -0.2) is 10.9 Å². The maximum Gasteiger partial charge on any atom is 0.256 e. The number of benzene rings is 2. The number of nitrogens with two attached hydrogens (primary N) is 1. The van der Waals surface area contributed by atoms with Crippen molar-refractivity contribution in [3.8, 4) is 0 Å². The Morgan fingerprint density at radius 1 is 1.15 bits per heavy atom. The van der Waals surface area contributed by atoms with Crippen LogP contribution in [0.4, 0.5) is 5.69 Å². The molecule has 0 aliphatic carbocycles. The van der Waals surface area contributed by atoms with Gasteiger partial charge in [0, 0.05) is 10.0 Å². The summed E-state index contributed by atoms with van der Waals surface area (Å²) in [7, 11) is 0. The minimum Gasteiger partial charge on any atom is -0.389 e. The summed E-state index contributed by atoms with van der Waals surface area (Å²) in [4.78, 5) is 12.6. The standard InChI is InChI=1S/C15H13BrN2OS/c1-9-5-4-7-11(13(9)16)15(19)18-12-8-3-2-6-10(12)14(17)20/h2-8H,1H3,(H2,17,20)(H,18,19). The maximum absolute atomic E-state index is 12.3. The number of amides is 1. The van der Waals surface area contributed by atoms with Crippen LogP contribution in [0, 0.1) is 6.92 Å². The third-order valence-electron chi connectivity index (χ3n) is 2.88. The molecular weight excluding hydrogens is 336 g/mol. The maximum atomic E-state index is 12.3. The van der Waals surface area contributed by atoms with Crippen molar-refractivity contribution in [2.75, 3.05) is 5.32 Å². The quantitative estimate of drug-likeness (QED) is 0.832. The molecule has 0 aromatic heterocycles. The van der Waals surface area contributed by atoms with Crippen molar-refractivity contribution in [2.45, 2.75) is 6.92 Å². The first-order valence-corrected chi connectivity index (χ1v) is 7.16. The second-order valence-corrected chi connectivity index (χ2v) is 5.53. The highest BCUT2D eigenvalue weighted by molar-refractivity contribution is 9.10. The van der Waals surface area contributed by atoms with E-state index in [1.807, 2.05) is 31.2 Å². The molecule has 1 amide bonds. The fourth-order valence-corrected chi connectivity index (χ4v) is 2.44. The lowest BCUT2D eigenvalue weighted by atomic mass is 10.1. The summed E-state index contributed by atoms with van der Waals surface area (Å²) in [5.41, 5.74) is 8.49. The van der Waals surface area contributed by atoms with Crippen molar-refractivity contribution < 1.29 is 4.79 Å². The van der Waals surface area contributed by atoms with Gasteiger partial charge >= 0.3 is 0 Å². The zero-order chi connectivity index (χ0) is 14.7. The van der Waals surface area contributed by atoms with Gasteiger partial charge in [0.2, 0.25) is 0 Å². The summed E-state index contributed by atoms with van der Waals surface area (Å²) in [5.74, 6) is -0.204. The number of aryl methyl sites for hydroxylation is 1. The van der Waals surface area contributed by atoms with Crippen LogP contribution in [-0.2, 0) is 0 Å². The average Bonchev–Trinajstić information content (AvgIpc) is 2.42. The van der Waals surface area contributed by atoms with Crippen molar-refractivity contribution >= 4 is 44.7 Å². The smallest absolute Gasteiger partial charge is 0.256 e. The molecule has 2 aromatic carbocycles. The second kappa shape index (κ2) is 6.15. The molecule has 20 heavy (non-hydrogen) atoms. The van der Waals surface area contributed by atoms with Crippen LogP contribution in [0.3, 0.4) is 0 Å². The molecule has 0 aliphatic rings. The van der Waals surface area contributed by atoms with Crippen molar-refractivity contribution in [2.24, 2.45) is 5.73 Å². The molecule has 0 heterocycles. The van der Waals surface area contributed by atoms with E-state index in [9.17, 15) is 4.79 Å². The molecule has 0 unspecified atom stereocenters. The molecule has 0 fully saturated rings. The van der Waals surface area contributed by atoms with Crippen molar-refractivity contribution in [3.63, 3.8) is 0 Å². The number of nitrogens with one attached hydrogen (secondary N) is 1. The first kappa shape index (κ1) is 14.7. The predicted molar refractivity (Wildman–Crippen MR) is 89.2 cm³/mol. The molecule has 3 nitrogen and oxygen atoms in total. The van der Waals surface area contributed by atoms with Gasteiger partial charge in [-0.1, -0.05) is 36.5 Å². The van der Waals surface area contributed by atoms with E-state index in [2.05, 4.69) is 21.2 Å². The normalized spacial score (nSPS) is 10.1. The Hall–Kier alpha value is -1.72. The van der Waals surface area contributed by atoms with E-state index < -0.39 is 0 Å². The Labute approximate surface area is 131 Å². The fraction of sp³-hybridized carbons (Fsp3) is 0.0667. The molecule has 0 radical (unpaired) electrons. The molecule has 0 saturated heterocycles. The van der Waals surface area contributed by atoms with Crippen molar-refractivity contribution in [3.05, 3.63) is 63.6 Å². The van der Waals surface area contributed by atoms with Crippen LogP contribution in [0.5, 0.6) is 0 Å². The Morgan fingerprint density at radius 2 is 1.80 bits per heavy atom. The highest BCUT2D eigenvalue weighted by Crippen LogP contribution is 2.23. The Kier molecular flexibility index (Phi) is 4.52. The molecule has 2 rings (SSSR count). The fourth-order valence-electron chi connectivity index (χ4n) is 1.82. The number of rotatable bonds is 3. The molecule has 3 N–H and O–H groups in total. The van der Waals surface area contributed by atoms with Crippen LogP contribution in [0.25, 0.3) is 0 Å². The van der Waals surface area contributed by atoms with Crippen LogP contribution < -0.4 is 11.1 Å². The Morgan fingerprint density at radius 3 is 2.50 bits per heavy atom. The van der Waals surface area contributed by atoms with E-state index in [-0.39, 0.29) is 10.9 Å². The number of hydrogen-bond donors (Lipinski definition) is 2. The van der Waals surface area contributed by atoms with Gasteiger partial charge in [0.1, 0.15) is 4.99 Å². The molecule has 2 aromatic rings. The third-order valence-corrected chi connectivity index (χ3v) is 4.15. The van der Waals surface area contributed by atoms with Crippen molar-refractivity contribution in [1.29, 1.82) is 0 Å². The average molecular weight is 349 g/mol. The minimum atomic E-state index is -0.204. The Bertz CT molecular complexity index is 685. The molecular formula is C15H13BrN2OS. The van der Waals surface area contributed by atoms with Crippen molar-refractivity contribution in [1.82, 2.24) is 0 Å². The van der Waals surface area contributed by atoms with Gasteiger partial charge in [-0.15, -0.1) is 0 Å². The molecule has 0 atom stereocenters. The van der Waals surface area contributed by atoms with E-state index in [0.29, 0.717) is 16.8 Å². The number of thiocarbonyl (C=S) groups is 1. The third kappa shape index (κ3) is 3.05. The number of para-hydroxylation sites is 1. The van der Waals surface area contributed by atoms with Gasteiger partial charge < -0.3 is 11.1 Å². The SMILES string of the molecule is Cc1cccc(C(=O)Nc2ccccc2C(N)=S)c1Br. The van der Waals surface area contributed by atoms with Crippen LogP contribution in [0.1, 0.15) is 21.5 Å². The van der Waals surface area contributed by atoms with Crippen LogP contribution in [0.15, 0.2) is 46.9 Å². The van der Waals surface area contributed by atoms with Crippen LogP contribution in [0.2, 0.25) is 0 Å². The van der Waals surface area contributed by atoms with Gasteiger partial charge in [-0.3, -0.25) is 4.79 Å². The number of hydrogen-bond acceptors (Lipinski definition) is 2. The molecule has 0 aliphatic heterocycles. The summed E-state index contributed by atoms with van der Waals surface area (Å²) >= 11 is 8.41. The topological polar surface area (TPSA) is 55.1 Å². The van der Waals surface area contributed by atoms with E-state index in [1.165, 1.54) is 0 Å². The summed E-state index contributed by atoms with van der Waals surface area (Å²) in [6.45, 7) is 1.93. The van der Waals surface area contributed by atoms with E-state index in [1.54, 1.807) is 18.2 Å². The molecule has 0 bridgehead atoms. The summed E-state index contributed by atoms with van der Waals surface area (Å²) in [5, 5.41) is 2.84. The lowest BCUT2D eigenvalue weighted by Gasteiger charge is -2.11. The second-order valence-electron chi connectivity index (χ2n) is 4.30. The molecule has 5 heteroatoms. The lowest BCUT2D eigenvalue weighted by Crippen LogP contribution is -2.18. The molecule has 0 saturated carbocycles. The zero-order valence-electron chi connectivity index (χ0n) is 10.8. The lowest BCUT2D eigenvalue weighted by molar-refractivity contribution is 0.102. The first-order valence-electron chi connectivity index (χ1n) is 5.96. The van der Waals surface area contributed by atoms with Gasteiger partial charge in [-0.25, -0.2) is 0 Å². The monoisotopic (exact) mass is 348 g/mol. The van der Waals surface area contributed by atoms with Gasteiger partial charge in [-0.05, 0) is 46.6 Å². The van der Waals surface area contributed by atoms with Crippen LogP contribution >= 0.6 is 28.1 Å². The number of carbonyl (C=O) groups is 1. The highest BCUT2D eigenvalue weighted by Gasteiger charge is 2.13. The summed E-state index contributed by atoms with van der Waals surface area (Å²) in [6, 6.07) is 12.7. The largest absolute Gasteiger partial charge is 0.389 e. The number of carbonyl (C=O) groups excluding carboxylic acids is 1. The van der Waals surface area contributed by atoms with Gasteiger partial charge in [-0.2, -0.15) is 0 Å². The minimum absolute atomic E-state index is 0.204. The van der Waals surface area contributed by atoms with E-state index >= 15 is 0 Å². The van der Waals surface area contributed by atoms with Gasteiger partial charge in [0.25, 0.3) is 5.91 Å². The van der Waals surface area contributed by atoms with E-state index in [0.717, 1.165) is 10.0 Å². The number of anilines is 1. The highest BCUT2D eigenvalue weighted by atomic mass is 79.9. The first-order chi connectivity index (χ1) is 9.50. The Balaban J connectivity index is 2.33. The molecule has 0 spiro atoms. The predicted octanol–water partition coefficient (Wildman–Crippen LogP) is 3.64. The summed E-state index contributed by atoms with van der Waals surface area (Å²) in [6.07, 6.45) is 0. The zero-order valence-corrected chi connectivity index (χ0v) is 13.2. The van der Waals surface area contributed by atoms with E-state index in [4.69, 9.17) is 18.0 Å². The number of halogens is 1. The molecule has 102 valence electrons. The summed E-state index contributed by atoms with van der Waals surface area (Å²) < 4.78 is 0.783. The van der Waals surface area contributed by atoms with Gasteiger partial charge in [0.05, 0.1) is 11.3 Å². The van der Waals surface area contributed by atoms with Gasteiger partial charge in [0.15, 0.2) is 0 Å².